The molecule has 0 aliphatic carbocycles. The van der Waals surface area contributed by atoms with E-state index in [1.165, 1.54) is 0 Å². The van der Waals surface area contributed by atoms with Crippen LogP contribution in [-0.4, -0.2) is 6.04 Å². The molecule has 0 saturated heterocycles. The SMILES string of the molecule is [CH2-]CC(N)C[CH2-].[U+2]. The van der Waals surface area contributed by atoms with Crippen molar-refractivity contribution in [3.63, 3.8) is 0 Å². The second kappa shape index (κ2) is 7.01. The van der Waals surface area contributed by atoms with Crippen LogP contribution in [0, 0.1) is 45.0 Å². The van der Waals surface area contributed by atoms with E-state index in [0.717, 1.165) is 12.8 Å². The molecule has 0 amide bonds. The Bertz CT molecular complexity index is 27.3. The molecule has 2 N–H and O–H groups in total. The van der Waals surface area contributed by atoms with Crippen molar-refractivity contribution in [3.8, 4) is 0 Å². The maximum Gasteiger partial charge on any atom is 2.00 e. The van der Waals surface area contributed by atoms with E-state index in [-0.39, 0.29) is 37.2 Å². The van der Waals surface area contributed by atoms with Gasteiger partial charge in [0.05, 0.1) is 0 Å². The van der Waals surface area contributed by atoms with Gasteiger partial charge in [-0.2, -0.15) is 12.8 Å². The van der Waals surface area contributed by atoms with E-state index in [2.05, 4.69) is 13.8 Å². The van der Waals surface area contributed by atoms with Gasteiger partial charge in [0, 0.05) is 0 Å². The van der Waals surface area contributed by atoms with E-state index in [1.807, 2.05) is 0 Å². The number of hydrogen-bond donors (Lipinski definition) is 1. The van der Waals surface area contributed by atoms with Crippen LogP contribution in [0.3, 0.4) is 0 Å². The van der Waals surface area contributed by atoms with E-state index in [1.54, 1.807) is 0 Å². The zero-order valence-electron chi connectivity index (χ0n) is 4.48. The fraction of sp³-hybridized carbons (Fsp3) is 0.600. The number of nitrogens with two attached hydrogens (primary N) is 1. The molecule has 0 spiro atoms. The van der Waals surface area contributed by atoms with Crippen molar-refractivity contribution in [2.24, 2.45) is 5.73 Å². The first-order valence-corrected chi connectivity index (χ1v) is 2.15. The summed E-state index contributed by atoms with van der Waals surface area (Å²) in [6.07, 6.45) is 1.59. The Hall–Kier alpha value is 1.01. The molecule has 0 fully saturated rings. The monoisotopic (exact) mass is 323 g/mol. The standard InChI is InChI=1S/C5H11N.U/c1-3-5(6)4-2;/h5H,1-4,6H2;/q-2;+2. The summed E-state index contributed by atoms with van der Waals surface area (Å²) in [7, 11) is 0. The van der Waals surface area contributed by atoms with Gasteiger partial charge >= 0.3 is 31.1 Å². The average molecular weight is 323 g/mol. The van der Waals surface area contributed by atoms with E-state index in [0.29, 0.717) is 0 Å². The quantitative estimate of drug-likeness (QED) is 0.746. The third kappa shape index (κ3) is 7.01. The maximum atomic E-state index is 5.35. The Kier molecular flexibility index (Phi) is 10.9. The molecule has 0 aliphatic heterocycles. The van der Waals surface area contributed by atoms with Crippen molar-refractivity contribution in [2.45, 2.75) is 18.9 Å². The van der Waals surface area contributed by atoms with Crippen LogP contribution in [0.15, 0.2) is 0 Å². The summed E-state index contributed by atoms with van der Waals surface area (Å²) >= 11 is 0. The molecule has 0 aliphatic rings. The third-order valence-electron chi connectivity index (χ3n) is 0.742. The van der Waals surface area contributed by atoms with Crippen LogP contribution in [0.1, 0.15) is 12.8 Å². The smallest absolute Gasteiger partial charge is 0.342 e. The molecule has 0 rings (SSSR count). The Morgan fingerprint density at radius 2 is 1.57 bits per heavy atom. The van der Waals surface area contributed by atoms with Crippen molar-refractivity contribution < 1.29 is 31.1 Å². The predicted octanol–water partition coefficient (Wildman–Crippen LogP) is 0.762. The van der Waals surface area contributed by atoms with Crippen molar-refractivity contribution in [2.75, 3.05) is 0 Å². The van der Waals surface area contributed by atoms with Gasteiger partial charge in [0.2, 0.25) is 0 Å². The van der Waals surface area contributed by atoms with Crippen LogP contribution in [-0.2, 0) is 0 Å². The van der Waals surface area contributed by atoms with Crippen LogP contribution in [0.25, 0.3) is 0 Å². The molecule has 0 heterocycles. The van der Waals surface area contributed by atoms with Gasteiger partial charge in [-0.25, -0.2) is 0 Å². The van der Waals surface area contributed by atoms with Crippen LogP contribution in [0.4, 0.5) is 0 Å². The first kappa shape index (κ1) is 10.9. The van der Waals surface area contributed by atoms with E-state index in [4.69, 9.17) is 5.73 Å². The Morgan fingerprint density at radius 1 is 1.29 bits per heavy atom. The van der Waals surface area contributed by atoms with Gasteiger partial charge < -0.3 is 19.6 Å². The third-order valence-corrected chi connectivity index (χ3v) is 0.742. The second-order valence-electron chi connectivity index (χ2n) is 1.34. The molecule has 7 heavy (non-hydrogen) atoms. The van der Waals surface area contributed by atoms with Gasteiger partial charge in [-0.3, -0.25) is 0 Å². The number of hydrogen-bond acceptors (Lipinski definition) is 1. The first-order chi connectivity index (χ1) is 2.81. The zero-order chi connectivity index (χ0) is 4.99. The van der Waals surface area contributed by atoms with Gasteiger partial charge in [0.15, 0.2) is 0 Å². The minimum Gasteiger partial charge on any atom is -0.342 e. The Labute approximate surface area is 69.4 Å². The molecule has 40 valence electrons. The van der Waals surface area contributed by atoms with Gasteiger partial charge in [0.1, 0.15) is 0 Å². The molecular formula is C5H11NU. The fourth-order valence-electron chi connectivity index (χ4n) is 0.144. The molecule has 2 heteroatoms. The van der Waals surface area contributed by atoms with Crippen LogP contribution in [0.5, 0.6) is 0 Å². The van der Waals surface area contributed by atoms with Crippen LogP contribution >= 0.6 is 0 Å². The molecule has 0 aromatic carbocycles. The van der Waals surface area contributed by atoms with Crippen LogP contribution < -0.4 is 5.73 Å². The second-order valence-corrected chi connectivity index (χ2v) is 1.34. The topological polar surface area (TPSA) is 26.0 Å². The van der Waals surface area contributed by atoms with Gasteiger partial charge in [-0.15, -0.1) is 0 Å². The minimum atomic E-state index is 0. The molecule has 0 unspecified atom stereocenters. The zero-order valence-corrected chi connectivity index (χ0v) is 8.65. The normalized spacial score (nSPS) is 8.57. The molecule has 0 aromatic heterocycles. The average Bonchev–Trinajstić information content (AvgIpc) is 1.65. The summed E-state index contributed by atoms with van der Waals surface area (Å²) in [6.45, 7) is 7.18. The maximum absolute atomic E-state index is 5.35. The fourth-order valence-corrected chi connectivity index (χ4v) is 0.144. The summed E-state index contributed by atoms with van der Waals surface area (Å²) in [6, 6.07) is 0.213. The van der Waals surface area contributed by atoms with Crippen molar-refractivity contribution in [1.29, 1.82) is 0 Å². The Balaban J connectivity index is 0. The van der Waals surface area contributed by atoms with Gasteiger partial charge in [-0.1, -0.05) is 6.04 Å². The molecule has 0 bridgehead atoms. The van der Waals surface area contributed by atoms with Crippen molar-refractivity contribution in [1.82, 2.24) is 0 Å². The van der Waals surface area contributed by atoms with Crippen LogP contribution in [0.2, 0.25) is 0 Å². The molecule has 0 atom stereocenters. The van der Waals surface area contributed by atoms with E-state index < -0.39 is 0 Å². The number of rotatable bonds is 2. The van der Waals surface area contributed by atoms with Crippen molar-refractivity contribution >= 4 is 0 Å². The summed E-state index contributed by atoms with van der Waals surface area (Å²) in [5.74, 6) is 0. The molecule has 1 nitrogen and oxygen atoms in total. The summed E-state index contributed by atoms with van der Waals surface area (Å²) < 4.78 is 0. The Morgan fingerprint density at radius 3 is 1.57 bits per heavy atom. The summed E-state index contributed by atoms with van der Waals surface area (Å²) in [5.41, 5.74) is 5.35. The van der Waals surface area contributed by atoms with Crippen molar-refractivity contribution in [3.05, 3.63) is 13.8 Å². The molecule has 0 radical (unpaired) electrons. The largest absolute Gasteiger partial charge is 2.00 e. The minimum absolute atomic E-state index is 0. The van der Waals surface area contributed by atoms with E-state index >= 15 is 0 Å². The molecule has 0 saturated carbocycles. The predicted molar refractivity (Wildman–Crippen MR) is 27.9 cm³/mol. The van der Waals surface area contributed by atoms with Gasteiger partial charge in [-0.05, 0) is 0 Å². The summed E-state index contributed by atoms with van der Waals surface area (Å²) in [4.78, 5) is 0. The summed E-state index contributed by atoms with van der Waals surface area (Å²) in [5, 5.41) is 0. The molecule has 0 aromatic rings. The van der Waals surface area contributed by atoms with Gasteiger partial charge in [0.25, 0.3) is 0 Å². The first-order valence-electron chi connectivity index (χ1n) is 2.15. The van der Waals surface area contributed by atoms with E-state index in [9.17, 15) is 0 Å². The molecular weight excluding hydrogens is 312 g/mol.